The molecule has 0 spiro atoms. The van der Waals surface area contributed by atoms with Crippen molar-refractivity contribution in [2.75, 3.05) is 26.3 Å². The maximum atomic E-state index is 10.0. The minimum absolute atomic E-state index is 0.160. The fraction of sp³-hybridized carbons (Fsp3) is 0.833. The minimum Gasteiger partial charge on any atom is -0.448 e. The molecule has 1 atom stereocenters. The Labute approximate surface area is 70.3 Å². The Morgan fingerprint density at radius 1 is 1.67 bits per heavy atom. The van der Waals surface area contributed by atoms with Gasteiger partial charge in [-0.25, -0.2) is 4.79 Å². The van der Waals surface area contributed by atoms with Crippen LogP contribution < -0.4 is 11.1 Å². The molecule has 0 aromatic carbocycles. The average molecular weight is 178 g/mol. The molecule has 0 aromatic rings. The number of aliphatic hydroxyl groups excluding tert-OH is 2. The fourth-order valence-corrected chi connectivity index (χ4v) is 0.557. The molecule has 0 aliphatic heterocycles. The standard InChI is InChI=1S/C6H14N2O4/c7-6(11)12-2-1-8-3-5(10)4-9/h5,8-10H,1-4H2,(H2,7,11). The lowest BCUT2D eigenvalue weighted by atomic mass is 10.4. The summed E-state index contributed by atoms with van der Waals surface area (Å²) in [6.45, 7) is 0.537. The van der Waals surface area contributed by atoms with Gasteiger partial charge in [-0.15, -0.1) is 0 Å². The summed E-state index contributed by atoms with van der Waals surface area (Å²) in [6, 6.07) is 0. The summed E-state index contributed by atoms with van der Waals surface area (Å²) in [7, 11) is 0. The Hall–Kier alpha value is -0.850. The van der Waals surface area contributed by atoms with Crippen molar-refractivity contribution in [3.05, 3.63) is 0 Å². The van der Waals surface area contributed by atoms with E-state index in [0.717, 1.165) is 0 Å². The van der Waals surface area contributed by atoms with Gasteiger partial charge in [-0.1, -0.05) is 0 Å². The molecule has 1 amide bonds. The van der Waals surface area contributed by atoms with E-state index in [2.05, 4.69) is 15.8 Å². The van der Waals surface area contributed by atoms with Gasteiger partial charge < -0.3 is 26.0 Å². The highest BCUT2D eigenvalue weighted by Gasteiger charge is 1.99. The molecule has 6 heteroatoms. The first-order valence-electron chi connectivity index (χ1n) is 3.58. The number of carbonyl (C=O) groups excluding carboxylic acids is 1. The lowest BCUT2D eigenvalue weighted by Crippen LogP contribution is -2.32. The molecule has 0 aromatic heterocycles. The van der Waals surface area contributed by atoms with Gasteiger partial charge in [-0.05, 0) is 0 Å². The quantitative estimate of drug-likeness (QED) is 0.353. The normalized spacial score (nSPS) is 12.5. The fourth-order valence-electron chi connectivity index (χ4n) is 0.557. The van der Waals surface area contributed by atoms with Crippen molar-refractivity contribution in [3.8, 4) is 0 Å². The molecular weight excluding hydrogens is 164 g/mol. The molecule has 1 unspecified atom stereocenters. The molecular formula is C6H14N2O4. The van der Waals surface area contributed by atoms with Gasteiger partial charge >= 0.3 is 6.09 Å². The van der Waals surface area contributed by atoms with Crippen molar-refractivity contribution >= 4 is 6.09 Å². The highest BCUT2D eigenvalue weighted by Crippen LogP contribution is 1.76. The van der Waals surface area contributed by atoms with E-state index in [1.807, 2.05) is 0 Å². The molecule has 5 N–H and O–H groups in total. The van der Waals surface area contributed by atoms with Crippen molar-refractivity contribution in [1.82, 2.24) is 5.32 Å². The molecule has 0 bridgehead atoms. The summed E-state index contributed by atoms with van der Waals surface area (Å²) in [5.74, 6) is 0. The number of rotatable bonds is 6. The van der Waals surface area contributed by atoms with Crippen LogP contribution in [0.15, 0.2) is 0 Å². The second kappa shape index (κ2) is 6.84. The predicted molar refractivity (Wildman–Crippen MR) is 41.5 cm³/mol. The average Bonchev–Trinajstić information content (AvgIpc) is 2.03. The number of ether oxygens (including phenoxy) is 1. The number of hydrogen-bond acceptors (Lipinski definition) is 5. The highest BCUT2D eigenvalue weighted by atomic mass is 16.5. The van der Waals surface area contributed by atoms with Crippen LogP contribution >= 0.6 is 0 Å². The first kappa shape index (κ1) is 11.2. The van der Waals surface area contributed by atoms with Crippen molar-refractivity contribution in [2.24, 2.45) is 5.73 Å². The molecule has 0 rings (SSSR count). The van der Waals surface area contributed by atoms with E-state index in [9.17, 15) is 4.79 Å². The number of amides is 1. The Bertz CT molecular complexity index is 131. The number of carbonyl (C=O) groups is 1. The number of nitrogens with two attached hydrogens (primary N) is 1. The maximum absolute atomic E-state index is 10.0. The van der Waals surface area contributed by atoms with E-state index < -0.39 is 12.2 Å². The van der Waals surface area contributed by atoms with E-state index in [1.165, 1.54) is 0 Å². The van der Waals surface area contributed by atoms with Gasteiger partial charge in [0.15, 0.2) is 0 Å². The number of aliphatic hydroxyl groups is 2. The number of hydrogen-bond donors (Lipinski definition) is 4. The van der Waals surface area contributed by atoms with Gasteiger partial charge in [0.2, 0.25) is 0 Å². The molecule has 0 aliphatic carbocycles. The van der Waals surface area contributed by atoms with Crippen LogP contribution in [0.5, 0.6) is 0 Å². The van der Waals surface area contributed by atoms with Gasteiger partial charge in [0.25, 0.3) is 0 Å². The van der Waals surface area contributed by atoms with Crippen molar-refractivity contribution in [1.29, 1.82) is 0 Å². The third-order valence-corrected chi connectivity index (χ3v) is 1.11. The summed E-state index contributed by atoms with van der Waals surface area (Å²) in [5.41, 5.74) is 4.68. The zero-order valence-corrected chi connectivity index (χ0v) is 6.69. The molecule has 0 saturated carbocycles. The summed E-state index contributed by atoms with van der Waals surface area (Å²) >= 11 is 0. The number of primary amides is 1. The zero-order chi connectivity index (χ0) is 9.40. The van der Waals surface area contributed by atoms with Crippen LogP contribution in [0.2, 0.25) is 0 Å². The predicted octanol–water partition coefficient (Wildman–Crippen LogP) is -1.98. The van der Waals surface area contributed by atoms with E-state index in [0.29, 0.717) is 6.54 Å². The maximum Gasteiger partial charge on any atom is 0.404 e. The van der Waals surface area contributed by atoms with Crippen molar-refractivity contribution in [2.45, 2.75) is 6.10 Å². The van der Waals surface area contributed by atoms with Crippen LogP contribution in [-0.4, -0.2) is 48.7 Å². The lowest BCUT2D eigenvalue weighted by molar-refractivity contribution is 0.0924. The molecule has 0 radical (unpaired) electrons. The Kier molecular flexibility index (Phi) is 6.35. The van der Waals surface area contributed by atoms with Crippen LogP contribution in [0.3, 0.4) is 0 Å². The number of nitrogens with one attached hydrogen (secondary N) is 1. The molecule has 0 saturated heterocycles. The third-order valence-electron chi connectivity index (χ3n) is 1.11. The van der Waals surface area contributed by atoms with Gasteiger partial charge in [0.05, 0.1) is 12.7 Å². The SMILES string of the molecule is NC(=O)OCCNCC(O)CO. The Balaban J connectivity index is 3.05. The van der Waals surface area contributed by atoms with Crippen LogP contribution in [0.25, 0.3) is 0 Å². The van der Waals surface area contributed by atoms with Gasteiger partial charge in [-0.3, -0.25) is 0 Å². The van der Waals surface area contributed by atoms with E-state index in [4.69, 9.17) is 10.2 Å². The molecule has 72 valence electrons. The summed E-state index contributed by atoms with van der Waals surface area (Å²) in [4.78, 5) is 10.0. The largest absolute Gasteiger partial charge is 0.448 e. The molecule has 6 nitrogen and oxygen atoms in total. The molecule has 0 heterocycles. The van der Waals surface area contributed by atoms with Crippen molar-refractivity contribution in [3.63, 3.8) is 0 Å². The van der Waals surface area contributed by atoms with Crippen molar-refractivity contribution < 1.29 is 19.7 Å². The van der Waals surface area contributed by atoms with Crippen LogP contribution in [-0.2, 0) is 4.74 Å². The minimum atomic E-state index is -0.820. The van der Waals surface area contributed by atoms with Crippen LogP contribution in [0.4, 0.5) is 4.79 Å². The first-order valence-corrected chi connectivity index (χ1v) is 3.58. The lowest BCUT2D eigenvalue weighted by Gasteiger charge is -2.07. The summed E-state index contributed by atoms with van der Waals surface area (Å²) < 4.78 is 4.39. The van der Waals surface area contributed by atoms with Gasteiger partial charge in [0, 0.05) is 13.1 Å². The Morgan fingerprint density at radius 2 is 2.33 bits per heavy atom. The van der Waals surface area contributed by atoms with Gasteiger partial charge in [-0.2, -0.15) is 0 Å². The summed E-state index contributed by atoms with van der Waals surface area (Å²) in [6.07, 6.45) is -1.60. The smallest absolute Gasteiger partial charge is 0.404 e. The first-order chi connectivity index (χ1) is 5.66. The van der Waals surface area contributed by atoms with E-state index in [-0.39, 0.29) is 19.8 Å². The topological polar surface area (TPSA) is 105 Å². The monoisotopic (exact) mass is 178 g/mol. The molecule has 0 fully saturated rings. The zero-order valence-electron chi connectivity index (χ0n) is 6.69. The van der Waals surface area contributed by atoms with Crippen LogP contribution in [0.1, 0.15) is 0 Å². The molecule has 0 aliphatic rings. The summed E-state index contributed by atoms with van der Waals surface area (Å²) in [5, 5.41) is 20.0. The second-order valence-corrected chi connectivity index (χ2v) is 2.21. The third kappa shape index (κ3) is 7.26. The highest BCUT2D eigenvalue weighted by molar-refractivity contribution is 5.64. The van der Waals surface area contributed by atoms with E-state index in [1.54, 1.807) is 0 Å². The second-order valence-electron chi connectivity index (χ2n) is 2.21. The van der Waals surface area contributed by atoms with Gasteiger partial charge in [0.1, 0.15) is 6.61 Å². The molecule has 12 heavy (non-hydrogen) atoms. The van der Waals surface area contributed by atoms with E-state index >= 15 is 0 Å². The Morgan fingerprint density at radius 3 is 2.83 bits per heavy atom. The van der Waals surface area contributed by atoms with Crippen LogP contribution in [0, 0.1) is 0 Å².